The Bertz CT molecular complexity index is 1050. The summed E-state index contributed by atoms with van der Waals surface area (Å²) in [7, 11) is 0. The van der Waals surface area contributed by atoms with E-state index in [4.69, 9.17) is 16.0 Å². The van der Waals surface area contributed by atoms with Crippen LogP contribution in [0.3, 0.4) is 0 Å². The van der Waals surface area contributed by atoms with Gasteiger partial charge in [-0.25, -0.2) is 9.97 Å². The lowest BCUT2D eigenvalue weighted by molar-refractivity contribution is 0.103. The number of carbonyl (C=O) groups excluding carboxylic acids is 1. The Balaban J connectivity index is 1.55. The van der Waals surface area contributed by atoms with Crippen LogP contribution in [0.2, 0.25) is 5.15 Å². The predicted octanol–water partition coefficient (Wildman–Crippen LogP) is 5.74. The first kappa shape index (κ1) is 17.0. The van der Waals surface area contributed by atoms with Crippen molar-refractivity contribution in [2.24, 2.45) is 0 Å². The van der Waals surface area contributed by atoms with Crippen LogP contribution in [0.15, 0.2) is 52.9 Å². The summed E-state index contributed by atoms with van der Waals surface area (Å²) in [6, 6.07) is 9.78. The number of anilines is 1. The van der Waals surface area contributed by atoms with Crippen LogP contribution in [0.4, 0.5) is 5.69 Å². The highest BCUT2D eigenvalue weighted by Gasteiger charge is 2.14. The Morgan fingerprint density at radius 1 is 1.27 bits per heavy atom. The molecule has 130 valence electrons. The minimum Gasteiger partial charge on any atom is -0.443 e. The number of oxazole rings is 1. The van der Waals surface area contributed by atoms with Crippen LogP contribution in [-0.2, 0) is 0 Å². The molecule has 0 aliphatic carbocycles. The first-order chi connectivity index (χ1) is 12.6. The lowest BCUT2D eigenvalue weighted by Crippen LogP contribution is -2.10. The van der Waals surface area contributed by atoms with Crippen molar-refractivity contribution >= 4 is 45.9 Å². The largest absolute Gasteiger partial charge is 0.443 e. The smallest absolute Gasteiger partial charge is 0.268 e. The van der Waals surface area contributed by atoms with Crippen molar-refractivity contribution in [1.29, 1.82) is 0 Å². The molecule has 3 heterocycles. The molecule has 1 amide bonds. The van der Waals surface area contributed by atoms with Gasteiger partial charge in [0, 0.05) is 10.6 Å². The van der Waals surface area contributed by atoms with Crippen molar-refractivity contribution in [2.75, 3.05) is 5.32 Å². The maximum atomic E-state index is 12.2. The van der Waals surface area contributed by atoms with Crippen LogP contribution < -0.4 is 5.32 Å². The maximum absolute atomic E-state index is 12.2. The van der Waals surface area contributed by atoms with Crippen LogP contribution in [0.25, 0.3) is 21.1 Å². The lowest BCUT2D eigenvalue weighted by Gasteiger charge is -2.05. The van der Waals surface area contributed by atoms with Crippen LogP contribution in [0.1, 0.15) is 15.2 Å². The number of thiophene rings is 1. The van der Waals surface area contributed by atoms with Gasteiger partial charge in [-0.2, -0.15) is 0 Å². The van der Waals surface area contributed by atoms with E-state index in [0.29, 0.717) is 10.6 Å². The number of thiazole rings is 1. The summed E-state index contributed by atoms with van der Waals surface area (Å²) < 4.78 is 5.37. The Hall–Kier alpha value is -2.48. The molecule has 0 radical (unpaired) electrons. The molecule has 0 atom stereocenters. The van der Waals surface area contributed by atoms with Gasteiger partial charge in [0.2, 0.25) is 0 Å². The second-order valence-electron chi connectivity index (χ2n) is 5.49. The molecule has 5 nitrogen and oxygen atoms in total. The van der Waals surface area contributed by atoms with Crippen molar-refractivity contribution in [3.05, 3.63) is 64.0 Å². The Kier molecular flexibility index (Phi) is 4.58. The average molecular weight is 402 g/mol. The van der Waals surface area contributed by atoms with E-state index < -0.39 is 0 Å². The normalized spacial score (nSPS) is 10.8. The predicted molar refractivity (Wildman–Crippen MR) is 105 cm³/mol. The number of aryl methyl sites for hydroxylation is 1. The quantitative estimate of drug-likeness (QED) is 0.473. The molecule has 0 aliphatic rings. The summed E-state index contributed by atoms with van der Waals surface area (Å²) in [4.78, 5) is 22.6. The molecule has 3 aromatic heterocycles. The first-order valence-corrected chi connectivity index (χ1v) is 9.69. The molecule has 8 heteroatoms. The van der Waals surface area contributed by atoms with Crippen LogP contribution >= 0.6 is 34.3 Å². The van der Waals surface area contributed by atoms with Crippen molar-refractivity contribution in [1.82, 2.24) is 9.97 Å². The van der Waals surface area contributed by atoms with Crippen LogP contribution in [-0.4, -0.2) is 15.9 Å². The molecule has 0 saturated heterocycles. The Morgan fingerprint density at radius 3 is 2.73 bits per heavy atom. The molecule has 0 fully saturated rings. The van der Waals surface area contributed by atoms with Gasteiger partial charge in [-0.15, -0.1) is 22.7 Å². The molecule has 0 bridgehead atoms. The molecule has 4 aromatic rings. The third kappa shape index (κ3) is 3.29. The molecular weight excluding hydrogens is 390 g/mol. The van der Waals surface area contributed by atoms with E-state index in [1.165, 1.54) is 17.7 Å². The molecule has 0 unspecified atom stereocenters. The SMILES string of the molecule is Cc1cc(-c2cnco2)sc1-c1ccc(NC(=O)c2scnc2Cl)cc1. The van der Waals surface area contributed by atoms with Crippen molar-refractivity contribution < 1.29 is 9.21 Å². The molecule has 0 aliphatic heterocycles. The highest BCUT2D eigenvalue weighted by molar-refractivity contribution is 7.19. The first-order valence-electron chi connectivity index (χ1n) is 7.62. The van der Waals surface area contributed by atoms with Gasteiger partial charge >= 0.3 is 0 Å². The number of hydrogen-bond acceptors (Lipinski definition) is 6. The van der Waals surface area contributed by atoms with Gasteiger partial charge in [-0.1, -0.05) is 23.7 Å². The molecule has 0 spiro atoms. The summed E-state index contributed by atoms with van der Waals surface area (Å²) in [5.74, 6) is 0.500. The van der Waals surface area contributed by atoms with E-state index >= 15 is 0 Å². The molecule has 1 aromatic carbocycles. The standard InChI is InChI=1S/C18H12ClN3O2S2/c1-10-6-14(13-7-20-8-24-13)26-15(10)11-2-4-12(5-3-11)22-18(23)16-17(19)21-9-25-16/h2-9H,1H3,(H,22,23). The van der Waals surface area contributed by atoms with Gasteiger partial charge in [0.15, 0.2) is 17.3 Å². The van der Waals surface area contributed by atoms with Crippen LogP contribution in [0.5, 0.6) is 0 Å². The molecule has 4 rings (SSSR count). The number of amides is 1. The maximum Gasteiger partial charge on any atom is 0.268 e. The number of aromatic nitrogens is 2. The van der Waals surface area contributed by atoms with Crippen LogP contribution in [0, 0.1) is 6.92 Å². The topological polar surface area (TPSA) is 68.0 Å². The lowest BCUT2D eigenvalue weighted by atomic mass is 10.1. The number of halogens is 1. The van der Waals surface area contributed by atoms with Gasteiger partial charge in [0.05, 0.1) is 16.6 Å². The Morgan fingerprint density at radius 2 is 2.08 bits per heavy atom. The van der Waals surface area contributed by atoms with Gasteiger partial charge in [0.1, 0.15) is 4.88 Å². The molecule has 0 saturated carbocycles. The van der Waals surface area contributed by atoms with Crippen molar-refractivity contribution in [3.63, 3.8) is 0 Å². The number of benzene rings is 1. The zero-order valence-electron chi connectivity index (χ0n) is 13.5. The van der Waals surface area contributed by atoms with E-state index in [1.54, 1.807) is 23.0 Å². The molecule has 26 heavy (non-hydrogen) atoms. The van der Waals surface area contributed by atoms with Gasteiger partial charge in [-0.05, 0) is 36.2 Å². The number of rotatable bonds is 4. The summed E-state index contributed by atoms with van der Waals surface area (Å²) in [6.07, 6.45) is 3.13. The van der Waals surface area contributed by atoms with Gasteiger partial charge in [-0.3, -0.25) is 4.79 Å². The van der Waals surface area contributed by atoms with E-state index in [2.05, 4.69) is 28.3 Å². The fraction of sp³-hybridized carbons (Fsp3) is 0.0556. The third-order valence-electron chi connectivity index (χ3n) is 3.73. The van der Waals surface area contributed by atoms with E-state index in [1.807, 2.05) is 24.3 Å². The average Bonchev–Trinajstić information content (AvgIpc) is 3.36. The fourth-order valence-corrected chi connectivity index (χ4v) is 4.53. The minimum atomic E-state index is -0.259. The van der Waals surface area contributed by atoms with Crippen molar-refractivity contribution in [3.8, 4) is 21.1 Å². The monoisotopic (exact) mass is 401 g/mol. The second kappa shape index (κ2) is 7.03. The second-order valence-corrected chi connectivity index (χ2v) is 7.76. The zero-order valence-corrected chi connectivity index (χ0v) is 15.9. The number of nitrogens with one attached hydrogen (secondary N) is 1. The molecule has 1 N–H and O–H groups in total. The number of hydrogen-bond donors (Lipinski definition) is 1. The van der Waals surface area contributed by atoms with E-state index in [-0.39, 0.29) is 11.1 Å². The van der Waals surface area contributed by atoms with E-state index in [0.717, 1.165) is 26.6 Å². The fourth-order valence-electron chi connectivity index (χ4n) is 2.50. The summed E-state index contributed by atoms with van der Waals surface area (Å²) in [6.45, 7) is 2.06. The summed E-state index contributed by atoms with van der Waals surface area (Å²) >= 11 is 8.75. The third-order valence-corrected chi connectivity index (χ3v) is 6.25. The summed E-state index contributed by atoms with van der Waals surface area (Å²) in [5, 5.41) is 3.05. The van der Waals surface area contributed by atoms with Gasteiger partial charge in [0.25, 0.3) is 5.91 Å². The van der Waals surface area contributed by atoms with Gasteiger partial charge < -0.3 is 9.73 Å². The number of carbonyl (C=O) groups is 1. The summed E-state index contributed by atoms with van der Waals surface area (Å²) in [5.41, 5.74) is 4.49. The highest BCUT2D eigenvalue weighted by atomic mass is 35.5. The molecular formula is C18H12ClN3O2S2. The Labute approximate surface area is 162 Å². The number of nitrogens with zero attached hydrogens (tertiary/aromatic N) is 2. The van der Waals surface area contributed by atoms with E-state index in [9.17, 15) is 4.79 Å². The minimum absolute atomic E-state index is 0.221. The highest BCUT2D eigenvalue weighted by Crippen LogP contribution is 2.38. The zero-order chi connectivity index (χ0) is 18.1. The van der Waals surface area contributed by atoms with Crippen molar-refractivity contribution in [2.45, 2.75) is 6.92 Å².